The summed E-state index contributed by atoms with van der Waals surface area (Å²) in [6.45, 7) is 0.486. The van der Waals surface area contributed by atoms with Gasteiger partial charge in [-0.25, -0.2) is 0 Å². The van der Waals surface area contributed by atoms with Gasteiger partial charge in [-0.15, -0.1) is 0 Å². The van der Waals surface area contributed by atoms with Gasteiger partial charge >= 0.3 is 0 Å². The Hall–Kier alpha value is -6.11. The second-order valence-electron chi connectivity index (χ2n) is 12.5. The van der Waals surface area contributed by atoms with E-state index in [1.807, 2.05) is 24.4 Å². The van der Waals surface area contributed by atoms with Crippen molar-refractivity contribution in [1.29, 1.82) is 0 Å². The standard InChI is InChI=1S/C42H30N4O2/c1-2-11-26(12-3-1)40-44-41(33-18-9-16-31-30-14-6-7-19-35(30)47-39(31)33)46-42(45-40)34-23-43-24-36-37(34)32-17-8-15-29(38(32)48-36)28-21-20-25-10-4-5-13-27(25)22-28/h1-23,40-41,44-46H,24H2. The van der Waals surface area contributed by atoms with Crippen molar-refractivity contribution in [2.45, 2.75) is 18.9 Å². The number of para-hydroxylation sites is 3. The number of allylic oxidation sites excluding steroid dienone is 1. The maximum absolute atomic E-state index is 6.69. The van der Waals surface area contributed by atoms with E-state index in [9.17, 15) is 0 Å². The highest BCUT2D eigenvalue weighted by atomic mass is 16.3. The van der Waals surface area contributed by atoms with Crippen LogP contribution in [0.2, 0.25) is 0 Å². The highest BCUT2D eigenvalue weighted by molar-refractivity contribution is 6.18. The molecule has 2 aromatic heterocycles. The summed E-state index contributed by atoms with van der Waals surface area (Å²) in [6, 6.07) is 46.5. The van der Waals surface area contributed by atoms with Gasteiger partial charge in [0.1, 0.15) is 40.7 Å². The highest BCUT2D eigenvalue weighted by Crippen LogP contribution is 2.41. The van der Waals surface area contributed by atoms with E-state index in [0.717, 1.165) is 77.9 Å². The van der Waals surface area contributed by atoms with Gasteiger partial charge in [0.25, 0.3) is 0 Å². The Labute approximate surface area is 276 Å². The molecule has 0 aliphatic carbocycles. The molecule has 6 aromatic carbocycles. The number of fused-ring (bicyclic) bond motifs is 7. The van der Waals surface area contributed by atoms with Crippen molar-refractivity contribution in [3.8, 4) is 11.1 Å². The highest BCUT2D eigenvalue weighted by Gasteiger charge is 2.32. The SMILES string of the molecule is C1=NCc2oc3c(-c4ccc5ccccc5c4)cccc3c2C1=C1NC(c2ccccc2)NC(c2cccc3c2oc2ccccc23)N1. The van der Waals surface area contributed by atoms with E-state index in [-0.39, 0.29) is 12.3 Å². The minimum atomic E-state index is -0.256. The molecule has 6 heteroatoms. The van der Waals surface area contributed by atoms with Crippen molar-refractivity contribution in [2.24, 2.45) is 4.99 Å². The molecule has 0 amide bonds. The van der Waals surface area contributed by atoms with Crippen LogP contribution in [0, 0.1) is 0 Å². The lowest BCUT2D eigenvalue weighted by Gasteiger charge is -2.37. The number of hydrogen-bond donors (Lipinski definition) is 3. The molecule has 230 valence electrons. The van der Waals surface area contributed by atoms with Crippen molar-refractivity contribution in [3.63, 3.8) is 0 Å². The van der Waals surface area contributed by atoms with Crippen LogP contribution < -0.4 is 16.0 Å². The maximum atomic E-state index is 6.69. The van der Waals surface area contributed by atoms with Crippen LogP contribution in [0.3, 0.4) is 0 Å². The molecule has 2 atom stereocenters. The zero-order chi connectivity index (χ0) is 31.6. The number of benzene rings is 6. The Morgan fingerprint density at radius 1 is 0.604 bits per heavy atom. The van der Waals surface area contributed by atoms with Gasteiger partial charge in [0, 0.05) is 44.6 Å². The summed E-state index contributed by atoms with van der Waals surface area (Å²) in [6.07, 6.45) is 1.54. The number of rotatable bonds is 3. The lowest BCUT2D eigenvalue weighted by Crippen LogP contribution is -2.51. The molecular formula is C42H30N4O2. The summed E-state index contributed by atoms with van der Waals surface area (Å²) in [5, 5.41) is 17.1. The summed E-state index contributed by atoms with van der Waals surface area (Å²) >= 11 is 0. The van der Waals surface area contributed by atoms with Crippen LogP contribution in [-0.4, -0.2) is 6.21 Å². The summed E-state index contributed by atoms with van der Waals surface area (Å²) in [5.74, 6) is 1.74. The Kier molecular flexibility index (Phi) is 6.04. The van der Waals surface area contributed by atoms with Gasteiger partial charge in [-0.1, -0.05) is 121 Å². The van der Waals surface area contributed by atoms with Crippen molar-refractivity contribution in [1.82, 2.24) is 16.0 Å². The molecule has 48 heavy (non-hydrogen) atoms. The average Bonchev–Trinajstić information content (AvgIpc) is 3.73. The van der Waals surface area contributed by atoms with E-state index in [4.69, 9.17) is 13.8 Å². The lowest BCUT2D eigenvalue weighted by atomic mass is 9.95. The molecule has 1 fully saturated rings. The van der Waals surface area contributed by atoms with E-state index >= 15 is 0 Å². The first kappa shape index (κ1) is 27.0. The first-order chi connectivity index (χ1) is 23.8. The van der Waals surface area contributed by atoms with Crippen molar-refractivity contribution < 1.29 is 8.83 Å². The Morgan fingerprint density at radius 3 is 2.31 bits per heavy atom. The van der Waals surface area contributed by atoms with Crippen molar-refractivity contribution in [3.05, 3.63) is 162 Å². The van der Waals surface area contributed by atoms with Crippen LogP contribution in [0.25, 0.3) is 60.4 Å². The van der Waals surface area contributed by atoms with E-state index < -0.39 is 0 Å². The molecule has 6 nitrogen and oxygen atoms in total. The first-order valence-corrected chi connectivity index (χ1v) is 16.3. The number of nitrogens with one attached hydrogen (secondary N) is 3. The van der Waals surface area contributed by atoms with Crippen molar-refractivity contribution >= 4 is 55.5 Å². The third-order valence-electron chi connectivity index (χ3n) is 9.63. The lowest BCUT2D eigenvalue weighted by molar-refractivity contribution is 0.312. The molecule has 10 rings (SSSR count). The molecule has 0 spiro atoms. The molecule has 0 saturated carbocycles. The summed E-state index contributed by atoms with van der Waals surface area (Å²) < 4.78 is 13.2. The third kappa shape index (κ3) is 4.27. The topological polar surface area (TPSA) is 74.7 Å². The predicted octanol–water partition coefficient (Wildman–Crippen LogP) is 9.59. The van der Waals surface area contributed by atoms with Gasteiger partial charge in [0.15, 0.2) is 0 Å². The number of nitrogens with zero attached hydrogens (tertiary/aromatic N) is 1. The first-order valence-electron chi connectivity index (χ1n) is 16.3. The average molecular weight is 623 g/mol. The van der Waals surface area contributed by atoms with Crippen molar-refractivity contribution in [2.75, 3.05) is 0 Å². The van der Waals surface area contributed by atoms with Crippen LogP contribution in [0.15, 0.2) is 153 Å². The third-order valence-corrected chi connectivity index (χ3v) is 9.63. The van der Waals surface area contributed by atoms with Crippen LogP contribution in [-0.2, 0) is 6.54 Å². The largest absolute Gasteiger partial charge is 0.458 e. The zero-order valence-electron chi connectivity index (χ0n) is 25.9. The summed E-state index contributed by atoms with van der Waals surface area (Å²) in [5.41, 5.74) is 9.01. The molecule has 0 bridgehead atoms. The number of aliphatic imine (C=N–C) groups is 1. The summed E-state index contributed by atoms with van der Waals surface area (Å²) in [7, 11) is 0. The smallest absolute Gasteiger partial charge is 0.142 e. The number of furan rings is 2. The fourth-order valence-electron chi connectivity index (χ4n) is 7.36. The summed E-state index contributed by atoms with van der Waals surface area (Å²) in [4.78, 5) is 4.79. The maximum Gasteiger partial charge on any atom is 0.142 e. The monoisotopic (exact) mass is 622 g/mol. The van der Waals surface area contributed by atoms with Crippen LogP contribution in [0.5, 0.6) is 0 Å². The second-order valence-corrected chi connectivity index (χ2v) is 12.5. The molecular weight excluding hydrogens is 592 g/mol. The molecule has 2 unspecified atom stereocenters. The molecule has 4 heterocycles. The molecule has 2 aliphatic heterocycles. The molecule has 3 N–H and O–H groups in total. The van der Waals surface area contributed by atoms with Gasteiger partial charge in [0.2, 0.25) is 0 Å². The predicted molar refractivity (Wildman–Crippen MR) is 193 cm³/mol. The Balaban J connectivity index is 1.14. The minimum absolute atomic E-state index is 0.176. The van der Waals surface area contributed by atoms with Gasteiger partial charge < -0.3 is 19.5 Å². The minimum Gasteiger partial charge on any atom is -0.458 e. The van der Waals surface area contributed by atoms with Gasteiger partial charge in [-0.2, -0.15) is 0 Å². The second kappa shape index (κ2) is 10.7. The Bertz CT molecular complexity index is 2590. The fraction of sp³-hybridized carbons (Fsp3) is 0.0714. The van der Waals surface area contributed by atoms with Crippen LogP contribution >= 0.6 is 0 Å². The Morgan fingerprint density at radius 2 is 1.38 bits per heavy atom. The molecule has 8 aromatic rings. The number of hydrogen-bond acceptors (Lipinski definition) is 6. The van der Waals surface area contributed by atoms with E-state index in [1.165, 1.54) is 10.8 Å². The van der Waals surface area contributed by atoms with Gasteiger partial charge in [-0.3, -0.25) is 10.3 Å². The van der Waals surface area contributed by atoms with Crippen LogP contribution in [0.1, 0.15) is 34.8 Å². The zero-order valence-corrected chi connectivity index (χ0v) is 25.9. The molecule has 2 aliphatic rings. The molecule has 1 saturated heterocycles. The van der Waals surface area contributed by atoms with Gasteiger partial charge in [-0.05, 0) is 34.0 Å². The molecule has 0 radical (unpaired) electrons. The van der Waals surface area contributed by atoms with E-state index in [0.29, 0.717) is 6.54 Å². The normalized spacial score (nSPS) is 19.1. The van der Waals surface area contributed by atoms with E-state index in [1.54, 1.807) is 0 Å². The van der Waals surface area contributed by atoms with E-state index in [2.05, 4.69) is 131 Å². The fourth-order valence-corrected chi connectivity index (χ4v) is 7.36. The van der Waals surface area contributed by atoms with Gasteiger partial charge in [0.05, 0.1) is 6.54 Å². The van der Waals surface area contributed by atoms with Crippen LogP contribution in [0.4, 0.5) is 0 Å². The quantitative estimate of drug-likeness (QED) is 0.183.